The number of methoxy groups -OCH3 is 1. The second-order valence-electron chi connectivity index (χ2n) is 3.89. The van der Waals surface area contributed by atoms with Crippen molar-refractivity contribution >= 4 is 11.6 Å². The Kier molecular flexibility index (Phi) is 3.22. The van der Waals surface area contributed by atoms with Gasteiger partial charge in [-0.15, -0.1) is 0 Å². The fourth-order valence-corrected chi connectivity index (χ4v) is 1.91. The van der Waals surface area contributed by atoms with Gasteiger partial charge in [0.1, 0.15) is 11.3 Å². The molecule has 1 aromatic heterocycles. The average molecular weight is 227 g/mol. The third-order valence-electron chi connectivity index (χ3n) is 2.69. The van der Waals surface area contributed by atoms with Crippen molar-refractivity contribution in [2.75, 3.05) is 7.11 Å². The number of hydrogen-bond donors (Lipinski definition) is 0. The van der Waals surface area contributed by atoms with E-state index in [4.69, 9.17) is 16.3 Å². The lowest BCUT2D eigenvalue weighted by Gasteiger charge is -2.13. The molecule has 0 bridgehead atoms. The highest BCUT2D eigenvalue weighted by Crippen LogP contribution is 2.42. The van der Waals surface area contributed by atoms with Crippen molar-refractivity contribution < 1.29 is 4.74 Å². The number of ether oxygens (including phenoxy) is 1. The zero-order valence-corrected chi connectivity index (χ0v) is 9.79. The van der Waals surface area contributed by atoms with Crippen LogP contribution in [0.4, 0.5) is 0 Å². The summed E-state index contributed by atoms with van der Waals surface area (Å²) in [4.78, 5) is 8.71. The van der Waals surface area contributed by atoms with Gasteiger partial charge in [0, 0.05) is 12.8 Å². The number of halogens is 1. The second kappa shape index (κ2) is 4.45. The SMILES string of the molecule is CCc1cc(Cl)nc(C(OC)C2CC2)n1. The van der Waals surface area contributed by atoms with Gasteiger partial charge in [-0.25, -0.2) is 9.97 Å². The maximum Gasteiger partial charge on any atom is 0.159 e. The van der Waals surface area contributed by atoms with Gasteiger partial charge in [0.05, 0.1) is 0 Å². The van der Waals surface area contributed by atoms with Gasteiger partial charge < -0.3 is 4.74 Å². The van der Waals surface area contributed by atoms with Crippen LogP contribution in [0.5, 0.6) is 0 Å². The molecule has 0 spiro atoms. The monoisotopic (exact) mass is 226 g/mol. The minimum Gasteiger partial charge on any atom is -0.373 e. The highest BCUT2D eigenvalue weighted by atomic mass is 35.5. The molecule has 82 valence electrons. The van der Waals surface area contributed by atoms with Gasteiger partial charge in [0.25, 0.3) is 0 Å². The number of aromatic nitrogens is 2. The van der Waals surface area contributed by atoms with Crippen LogP contribution in [0.25, 0.3) is 0 Å². The molecule has 0 saturated heterocycles. The molecule has 1 heterocycles. The fraction of sp³-hybridized carbons (Fsp3) is 0.636. The van der Waals surface area contributed by atoms with E-state index in [9.17, 15) is 0 Å². The van der Waals surface area contributed by atoms with E-state index in [1.54, 1.807) is 7.11 Å². The van der Waals surface area contributed by atoms with Gasteiger partial charge in [0.15, 0.2) is 5.82 Å². The van der Waals surface area contributed by atoms with Crippen LogP contribution in [0.2, 0.25) is 5.15 Å². The van der Waals surface area contributed by atoms with Gasteiger partial charge in [0.2, 0.25) is 0 Å². The molecule has 0 amide bonds. The van der Waals surface area contributed by atoms with Crippen molar-refractivity contribution in [2.45, 2.75) is 32.3 Å². The van der Waals surface area contributed by atoms with Crippen molar-refractivity contribution in [1.29, 1.82) is 0 Å². The quantitative estimate of drug-likeness (QED) is 0.741. The van der Waals surface area contributed by atoms with Crippen LogP contribution in [-0.2, 0) is 11.2 Å². The fourth-order valence-electron chi connectivity index (χ4n) is 1.70. The highest BCUT2D eigenvalue weighted by molar-refractivity contribution is 6.29. The van der Waals surface area contributed by atoms with Crippen LogP contribution in [0.1, 0.15) is 37.4 Å². The van der Waals surface area contributed by atoms with Gasteiger partial charge in [-0.05, 0) is 31.2 Å². The van der Waals surface area contributed by atoms with E-state index >= 15 is 0 Å². The van der Waals surface area contributed by atoms with E-state index in [1.807, 2.05) is 6.07 Å². The van der Waals surface area contributed by atoms with Crippen molar-refractivity contribution in [3.05, 3.63) is 22.7 Å². The average Bonchev–Trinajstić information content (AvgIpc) is 3.02. The molecule has 4 heteroatoms. The summed E-state index contributed by atoms with van der Waals surface area (Å²) in [7, 11) is 1.71. The molecule has 0 aromatic carbocycles. The number of aryl methyl sites for hydroxylation is 1. The van der Waals surface area contributed by atoms with E-state index in [1.165, 1.54) is 12.8 Å². The minimum absolute atomic E-state index is 0.0222. The van der Waals surface area contributed by atoms with Gasteiger partial charge in [-0.1, -0.05) is 18.5 Å². The molecular weight excluding hydrogens is 212 g/mol. The first kappa shape index (κ1) is 10.8. The molecule has 1 aliphatic rings. The van der Waals surface area contributed by atoms with Gasteiger partial charge in [-0.2, -0.15) is 0 Å². The second-order valence-corrected chi connectivity index (χ2v) is 4.27. The van der Waals surface area contributed by atoms with Crippen molar-refractivity contribution in [3.63, 3.8) is 0 Å². The summed E-state index contributed by atoms with van der Waals surface area (Å²) in [5, 5.41) is 0.513. The molecule has 0 N–H and O–H groups in total. The van der Waals surface area contributed by atoms with Crippen LogP contribution in [0.15, 0.2) is 6.07 Å². The maximum absolute atomic E-state index is 5.95. The number of rotatable bonds is 4. The minimum atomic E-state index is 0.0222. The summed E-state index contributed by atoms with van der Waals surface area (Å²) in [5.41, 5.74) is 0.979. The lowest BCUT2D eigenvalue weighted by atomic mass is 10.2. The number of hydrogen-bond acceptors (Lipinski definition) is 3. The molecule has 1 aromatic rings. The Morgan fingerprint density at radius 3 is 2.80 bits per heavy atom. The summed E-state index contributed by atoms with van der Waals surface area (Å²) in [5.74, 6) is 1.32. The maximum atomic E-state index is 5.95. The summed E-state index contributed by atoms with van der Waals surface area (Å²) in [6.45, 7) is 2.06. The molecule has 1 unspecified atom stereocenters. The van der Waals surface area contributed by atoms with Crippen molar-refractivity contribution in [2.24, 2.45) is 5.92 Å². The third-order valence-corrected chi connectivity index (χ3v) is 2.88. The summed E-state index contributed by atoms with van der Waals surface area (Å²) >= 11 is 5.95. The van der Waals surface area contributed by atoms with E-state index in [0.717, 1.165) is 17.9 Å². The summed E-state index contributed by atoms with van der Waals surface area (Å²) < 4.78 is 5.43. The van der Waals surface area contributed by atoms with E-state index in [0.29, 0.717) is 11.1 Å². The first-order valence-electron chi connectivity index (χ1n) is 5.30. The smallest absolute Gasteiger partial charge is 0.159 e. The third kappa shape index (κ3) is 2.47. The molecular formula is C11H15ClN2O. The number of nitrogens with zero attached hydrogens (tertiary/aromatic N) is 2. The molecule has 0 radical (unpaired) electrons. The van der Waals surface area contributed by atoms with Crippen molar-refractivity contribution in [3.8, 4) is 0 Å². The van der Waals surface area contributed by atoms with Gasteiger partial charge >= 0.3 is 0 Å². The van der Waals surface area contributed by atoms with Crippen LogP contribution in [-0.4, -0.2) is 17.1 Å². The predicted molar refractivity (Wildman–Crippen MR) is 58.9 cm³/mol. The Balaban J connectivity index is 2.28. The van der Waals surface area contributed by atoms with Crippen molar-refractivity contribution in [1.82, 2.24) is 9.97 Å². The van der Waals surface area contributed by atoms with E-state index < -0.39 is 0 Å². The van der Waals surface area contributed by atoms with Crippen LogP contribution in [0.3, 0.4) is 0 Å². The zero-order chi connectivity index (χ0) is 10.8. The molecule has 0 aliphatic heterocycles. The summed E-state index contributed by atoms with van der Waals surface area (Å²) in [6.07, 6.45) is 3.30. The normalized spacial score (nSPS) is 17.8. The predicted octanol–water partition coefficient (Wildman–Crippen LogP) is 2.79. The molecule has 1 saturated carbocycles. The Bertz CT molecular complexity index is 352. The standard InChI is InChI=1S/C11H15ClN2O/c1-3-8-6-9(12)14-11(13-8)10(15-2)7-4-5-7/h6-7,10H,3-5H2,1-2H3. The molecule has 2 rings (SSSR count). The largest absolute Gasteiger partial charge is 0.373 e. The topological polar surface area (TPSA) is 35.0 Å². The lowest BCUT2D eigenvalue weighted by molar-refractivity contribution is 0.0770. The summed E-state index contributed by atoms with van der Waals surface area (Å²) in [6, 6.07) is 1.81. The molecule has 15 heavy (non-hydrogen) atoms. The Morgan fingerprint density at radius 1 is 1.53 bits per heavy atom. The van der Waals surface area contributed by atoms with Crippen LogP contribution < -0.4 is 0 Å². The molecule has 1 fully saturated rings. The first-order valence-corrected chi connectivity index (χ1v) is 5.68. The van der Waals surface area contributed by atoms with Gasteiger partial charge in [-0.3, -0.25) is 0 Å². The Morgan fingerprint density at radius 2 is 2.27 bits per heavy atom. The first-order chi connectivity index (χ1) is 7.24. The molecule has 1 aliphatic carbocycles. The Hall–Kier alpha value is -0.670. The van der Waals surface area contributed by atoms with Crippen LogP contribution >= 0.6 is 11.6 Å². The Labute approximate surface area is 94.8 Å². The van der Waals surface area contributed by atoms with E-state index in [-0.39, 0.29) is 6.10 Å². The molecule has 1 atom stereocenters. The highest BCUT2D eigenvalue weighted by Gasteiger charge is 2.34. The zero-order valence-electron chi connectivity index (χ0n) is 9.03. The van der Waals surface area contributed by atoms with E-state index in [2.05, 4.69) is 16.9 Å². The lowest BCUT2D eigenvalue weighted by Crippen LogP contribution is -2.10. The molecule has 3 nitrogen and oxygen atoms in total. The van der Waals surface area contributed by atoms with Crippen LogP contribution in [0, 0.1) is 5.92 Å².